The van der Waals surface area contributed by atoms with Crippen LogP contribution in [0.3, 0.4) is 0 Å². The molecule has 0 radical (unpaired) electrons. The Balaban J connectivity index is 2.04. The maximum absolute atomic E-state index is 12.1. The number of nitrogens with zero attached hydrogens (tertiary/aromatic N) is 1. The largest absolute Gasteiger partial charge is 0.354 e. The number of carbonyl (C=O) groups excluding carboxylic acids is 1. The van der Waals surface area contributed by atoms with E-state index >= 15 is 0 Å². The van der Waals surface area contributed by atoms with Crippen molar-refractivity contribution >= 4 is 33.2 Å². The Bertz CT molecular complexity index is 686. The Morgan fingerprint density at radius 1 is 1.22 bits per heavy atom. The van der Waals surface area contributed by atoms with E-state index in [1.54, 1.807) is 12.4 Å². The monoisotopic (exact) mass is 375 g/mol. The zero-order valence-electron chi connectivity index (χ0n) is 13.7. The number of carbonyl (C=O) groups is 1. The van der Waals surface area contributed by atoms with Crippen molar-refractivity contribution in [2.75, 3.05) is 11.9 Å². The Kier molecular flexibility index (Phi) is 6.16. The van der Waals surface area contributed by atoms with Gasteiger partial charge in [0.25, 0.3) is 5.91 Å². The number of anilines is 2. The van der Waals surface area contributed by atoms with Crippen LogP contribution in [-0.2, 0) is 0 Å². The zero-order chi connectivity index (χ0) is 16.8. The first kappa shape index (κ1) is 17.5. The Hall–Kier alpha value is -1.88. The van der Waals surface area contributed by atoms with Crippen LogP contribution in [-0.4, -0.2) is 17.4 Å². The second kappa shape index (κ2) is 8.11. The first-order valence-electron chi connectivity index (χ1n) is 7.72. The highest BCUT2D eigenvalue weighted by atomic mass is 79.9. The van der Waals surface area contributed by atoms with E-state index in [2.05, 4.69) is 45.4 Å². The minimum Gasteiger partial charge on any atom is -0.354 e. The average molecular weight is 376 g/mol. The van der Waals surface area contributed by atoms with Crippen LogP contribution < -0.4 is 10.6 Å². The van der Waals surface area contributed by atoms with Crippen molar-refractivity contribution in [2.45, 2.75) is 27.2 Å². The van der Waals surface area contributed by atoms with E-state index in [1.807, 2.05) is 31.2 Å². The minimum absolute atomic E-state index is 0.0908. The molecule has 1 aromatic carbocycles. The number of amides is 1. The lowest BCUT2D eigenvalue weighted by Gasteiger charge is -2.10. The minimum atomic E-state index is -0.0908. The van der Waals surface area contributed by atoms with E-state index in [0.29, 0.717) is 18.0 Å². The van der Waals surface area contributed by atoms with Gasteiger partial charge in [-0.05, 0) is 43.0 Å². The van der Waals surface area contributed by atoms with Crippen LogP contribution in [0.4, 0.5) is 11.4 Å². The van der Waals surface area contributed by atoms with Gasteiger partial charge in [-0.2, -0.15) is 0 Å². The molecule has 2 N–H and O–H groups in total. The normalized spacial score (nSPS) is 10.7. The highest BCUT2D eigenvalue weighted by Crippen LogP contribution is 2.23. The molecule has 0 atom stereocenters. The predicted molar refractivity (Wildman–Crippen MR) is 98.2 cm³/mol. The molecule has 5 heteroatoms. The zero-order valence-corrected chi connectivity index (χ0v) is 15.3. The van der Waals surface area contributed by atoms with Crippen LogP contribution in [0.15, 0.2) is 41.1 Å². The van der Waals surface area contributed by atoms with Crippen molar-refractivity contribution in [3.05, 3.63) is 52.3 Å². The van der Waals surface area contributed by atoms with Crippen LogP contribution in [0.5, 0.6) is 0 Å². The molecule has 1 aromatic heterocycles. The van der Waals surface area contributed by atoms with Gasteiger partial charge in [-0.3, -0.25) is 9.78 Å². The Morgan fingerprint density at radius 3 is 2.70 bits per heavy atom. The van der Waals surface area contributed by atoms with Crippen molar-refractivity contribution in [3.8, 4) is 0 Å². The van der Waals surface area contributed by atoms with Crippen LogP contribution in [0.1, 0.15) is 36.2 Å². The molecule has 23 heavy (non-hydrogen) atoms. The lowest BCUT2D eigenvalue weighted by Crippen LogP contribution is -2.25. The maximum Gasteiger partial charge on any atom is 0.252 e. The number of hydrogen-bond donors (Lipinski definition) is 2. The lowest BCUT2D eigenvalue weighted by atomic mass is 10.1. The number of rotatable bonds is 6. The molecule has 2 aromatic rings. The lowest BCUT2D eigenvalue weighted by molar-refractivity contribution is 0.0951. The summed E-state index contributed by atoms with van der Waals surface area (Å²) in [6.07, 6.45) is 4.26. The van der Waals surface area contributed by atoms with Crippen LogP contribution >= 0.6 is 15.9 Å². The Morgan fingerprint density at radius 2 is 2.00 bits per heavy atom. The summed E-state index contributed by atoms with van der Waals surface area (Å²) in [4.78, 5) is 16.3. The van der Waals surface area contributed by atoms with Gasteiger partial charge in [-0.15, -0.1) is 0 Å². The van der Waals surface area contributed by atoms with E-state index < -0.39 is 0 Å². The summed E-state index contributed by atoms with van der Waals surface area (Å²) in [5.41, 5.74) is 3.47. The highest BCUT2D eigenvalue weighted by Gasteiger charge is 2.07. The van der Waals surface area contributed by atoms with E-state index in [4.69, 9.17) is 0 Å². The molecule has 0 unspecified atom stereocenters. The average Bonchev–Trinajstić information content (AvgIpc) is 2.51. The van der Waals surface area contributed by atoms with Crippen LogP contribution in [0.2, 0.25) is 0 Å². The number of hydrogen-bond acceptors (Lipinski definition) is 3. The second-order valence-corrected chi connectivity index (χ2v) is 6.84. The first-order chi connectivity index (χ1) is 11.0. The molecular weight excluding hydrogens is 354 g/mol. The van der Waals surface area contributed by atoms with Gasteiger partial charge >= 0.3 is 0 Å². The quantitative estimate of drug-likeness (QED) is 0.770. The van der Waals surface area contributed by atoms with Gasteiger partial charge in [-0.25, -0.2) is 0 Å². The molecule has 0 spiro atoms. The fraction of sp³-hybridized carbons (Fsp3) is 0.333. The second-order valence-electron chi connectivity index (χ2n) is 5.99. The summed E-state index contributed by atoms with van der Waals surface area (Å²) in [6.45, 7) is 6.99. The van der Waals surface area contributed by atoms with Gasteiger partial charge in [0, 0.05) is 22.9 Å². The molecule has 1 amide bonds. The summed E-state index contributed by atoms with van der Waals surface area (Å²) in [5, 5.41) is 6.19. The van der Waals surface area contributed by atoms with Gasteiger partial charge in [0.1, 0.15) is 0 Å². The summed E-state index contributed by atoms with van der Waals surface area (Å²) >= 11 is 3.52. The summed E-state index contributed by atoms with van der Waals surface area (Å²) in [7, 11) is 0. The summed E-state index contributed by atoms with van der Waals surface area (Å²) in [6, 6.07) is 7.84. The molecule has 0 saturated heterocycles. The number of halogens is 1. The van der Waals surface area contributed by atoms with Crippen molar-refractivity contribution in [3.63, 3.8) is 0 Å². The third kappa shape index (κ3) is 5.36. The van der Waals surface area contributed by atoms with Crippen LogP contribution in [0.25, 0.3) is 0 Å². The first-order valence-corrected chi connectivity index (χ1v) is 8.51. The van der Waals surface area contributed by atoms with E-state index in [9.17, 15) is 4.79 Å². The van der Waals surface area contributed by atoms with E-state index in [1.165, 1.54) is 5.56 Å². The van der Waals surface area contributed by atoms with Crippen LogP contribution in [0, 0.1) is 12.8 Å². The van der Waals surface area contributed by atoms with Crippen molar-refractivity contribution in [1.29, 1.82) is 0 Å². The van der Waals surface area contributed by atoms with Gasteiger partial charge in [-0.1, -0.05) is 35.8 Å². The molecule has 0 saturated carbocycles. The molecular formula is C18H22BrN3O. The number of pyridine rings is 1. The molecule has 1 heterocycles. The maximum atomic E-state index is 12.1. The molecule has 122 valence electrons. The molecule has 0 aliphatic carbocycles. The fourth-order valence-corrected chi connectivity index (χ4v) is 2.42. The molecule has 0 bridgehead atoms. The van der Waals surface area contributed by atoms with Gasteiger partial charge < -0.3 is 10.6 Å². The standard InChI is InChI=1S/C18H22BrN3O/c1-12(2)6-7-21-18(23)14-8-16(11-20-10-14)22-15-5-4-13(3)17(19)9-15/h4-5,8-12,22H,6-7H2,1-3H3,(H,21,23). The van der Waals surface area contributed by atoms with Crippen molar-refractivity contribution in [1.82, 2.24) is 10.3 Å². The van der Waals surface area contributed by atoms with Gasteiger partial charge in [0.05, 0.1) is 17.4 Å². The third-order valence-corrected chi connectivity index (χ3v) is 4.32. The molecule has 0 fully saturated rings. The van der Waals surface area contributed by atoms with Crippen molar-refractivity contribution < 1.29 is 4.79 Å². The molecule has 2 rings (SSSR count). The predicted octanol–water partition coefficient (Wildman–Crippen LogP) is 4.67. The number of aromatic nitrogens is 1. The number of benzene rings is 1. The highest BCUT2D eigenvalue weighted by molar-refractivity contribution is 9.10. The van der Waals surface area contributed by atoms with E-state index in [0.717, 1.165) is 22.3 Å². The SMILES string of the molecule is Cc1ccc(Nc2cncc(C(=O)NCCC(C)C)c2)cc1Br. The van der Waals surface area contributed by atoms with E-state index in [-0.39, 0.29) is 5.91 Å². The molecule has 0 aliphatic rings. The Labute approximate surface area is 145 Å². The summed E-state index contributed by atoms with van der Waals surface area (Å²) in [5.74, 6) is 0.480. The van der Waals surface area contributed by atoms with Crippen molar-refractivity contribution in [2.24, 2.45) is 5.92 Å². The smallest absolute Gasteiger partial charge is 0.252 e. The number of nitrogens with one attached hydrogen (secondary N) is 2. The fourth-order valence-electron chi connectivity index (χ4n) is 2.05. The number of aryl methyl sites for hydroxylation is 1. The third-order valence-electron chi connectivity index (χ3n) is 3.47. The molecule has 0 aliphatic heterocycles. The van der Waals surface area contributed by atoms with Gasteiger partial charge in [0.2, 0.25) is 0 Å². The summed E-state index contributed by atoms with van der Waals surface area (Å²) < 4.78 is 1.04. The topological polar surface area (TPSA) is 54.0 Å². The molecule has 4 nitrogen and oxygen atoms in total. The van der Waals surface area contributed by atoms with Gasteiger partial charge in [0.15, 0.2) is 0 Å².